The Morgan fingerprint density at radius 2 is 1.83 bits per heavy atom. The molecule has 0 aromatic heterocycles. The van der Waals surface area contributed by atoms with Gasteiger partial charge >= 0.3 is 0 Å². The molecule has 2 nitrogen and oxygen atoms in total. The second kappa shape index (κ2) is 7.42. The smallest absolute Gasteiger partial charge is 0.119 e. The van der Waals surface area contributed by atoms with Crippen molar-refractivity contribution in [2.45, 2.75) is 53.0 Å². The molecule has 0 aliphatic carbocycles. The molecule has 2 heteroatoms. The zero-order chi connectivity index (χ0) is 13.5. The average molecular weight is 249 g/mol. The lowest BCUT2D eigenvalue weighted by molar-refractivity contribution is 0.413. The van der Waals surface area contributed by atoms with Gasteiger partial charge in [0, 0.05) is 6.04 Å². The van der Waals surface area contributed by atoms with E-state index in [1.165, 1.54) is 29.5 Å². The zero-order valence-corrected chi connectivity index (χ0v) is 12.5. The van der Waals surface area contributed by atoms with E-state index in [9.17, 15) is 0 Å². The number of benzene rings is 1. The van der Waals surface area contributed by atoms with Crippen LogP contribution >= 0.6 is 0 Å². The summed E-state index contributed by atoms with van der Waals surface area (Å²) in [5, 5.41) is 3.58. The maximum absolute atomic E-state index is 5.30. The second-order valence-electron chi connectivity index (χ2n) is 5.15. The lowest BCUT2D eigenvalue weighted by Crippen LogP contribution is -2.29. The highest BCUT2D eigenvalue weighted by Crippen LogP contribution is 2.22. The molecule has 0 aliphatic heterocycles. The molecule has 0 saturated carbocycles. The van der Waals surface area contributed by atoms with Crippen molar-refractivity contribution < 1.29 is 4.74 Å². The fourth-order valence-corrected chi connectivity index (χ4v) is 2.30. The molecule has 102 valence electrons. The lowest BCUT2D eigenvalue weighted by Gasteiger charge is -2.18. The van der Waals surface area contributed by atoms with Crippen LogP contribution in [0.15, 0.2) is 12.1 Å². The van der Waals surface area contributed by atoms with Crippen molar-refractivity contribution in [3.63, 3.8) is 0 Å². The van der Waals surface area contributed by atoms with E-state index in [0.717, 1.165) is 18.7 Å². The van der Waals surface area contributed by atoms with Gasteiger partial charge in [-0.2, -0.15) is 0 Å². The van der Waals surface area contributed by atoms with Crippen molar-refractivity contribution in [2.75, 3.05) is 13.7 Å². The maximum Gasteiger partial charge on any atom is 0.119 e. The molecule has 0 aliphatic rings. The van der Waals surface area contributed by atoms with Crippen molar-refractivity contribution in [1.82, 2.24) is 5.32 Å². The Balaban J connectivity index is 2.66. The maximum atomic E-state index is 5.30. The first-order valence-electron chi connectivity index (χ1n) is 6.96. The predicted octanol–water partition coefficient (Wildman–Crippen LogP) is 3.63. The van der Waals surface area contributed by atoms with E-state index < -0.39 is 0 Å². The van der Waals surface area contributed by atoms with Gasteiger partial charge in [-0.15, -0.1) is 0 Å². The Hall–Kier alpha value is -1.02. The van der Waals surface area contributed by atoms with Gasteiger partial charge in [0.25, 0.3) is 0 Å². The van der Waals surface area contributed by atoms with E-state index in [1.807, 2.05) is 0 Å². The van der Waals surface area contributed by atoms with E-state index in [2.05, 4.69) is 45.1 Å². The molecule has 0 heterocycles. The Labute approximate surface area is 112 Å². The number of aryl methyl sites for hydroxylation is 2. The van der Waals surface area contributed by atoms with Crippen molar-refractivity contribution in [3.8, 4) is 5.75 Å². The van der Waals surface area contributed by atoms with Gasteiger partial charge in [0.05, 0.1) is 7.11 Å². The summed E-state index contributed by atoms with van der Waals surface area (Å²) in [7, 11) is 1.73. The lowest BCUT2D eigenvalue weighted by atomic mass is 9.96. The summed E-state index contributed by atoms with van der Waals surface area (Å²) in [5.74, 6) is 0.959. The molecular weight excluding hydrogens is 222 g/mol. The normalized spacial score (nSPS) is 12.5. The number of nitrogens with one attached hydrogen (secondary N) is 1. The first-order chi connectivity index (χ1) is 8.58. The molecule has 1 unspecified atom stereocenters. The van der Waals surface area contributed by atoms with E-state index in [0.29, 0.717) is 6.04 Å². The van der Waals surface area contributed by atoms with Crippen LogP contribution in [0.1, 0.15) is 43.4 Å². The third-order valence-electron chi connectivity index (χ3n) is 3.44. The molecule has 1 aromatic rings. The number of methoxy groups -OCH3 is 1. The quantitative estimate of drug-likeness (QED) is 0.745. The number of hydrogen-bond acceptors (Lipinski definition) is 2. The Kier molecular flexibility index (Phi) is 6.20. The highest BCUT2D eigenvalue weighted by molar-refractivity contribution is 5.41. The van der Waals surface area contributed by atoms with Gasteiger partial charge in [0.2, 0.25) is 0 Å². The Morgan fingerprint density at radius 1 is 1.22 bits per heavy atom. The van der Waals surface area contributed by atoms with Crippen LogP contribution in [0.25, 0.3) is 0 Å². The number of unbranched alkanes of at least 4 members (excludes halogenated alkanes) is 1. The average Bonchev–Trinajstić information content (AvgIpc) is 2.34. The summed E-state index contributed by atoms with van der Waals surface area (Å²) in [6, 6.07) is 4.78. The highest BCUT2D eigenvalue weighted by Gasteiger charge is 2.09. The molecule has 1 aromatic carbocycles. The van der Waals surface area contributed by atoms with Gasteiger partial charge in [0.15, 0.2) is 0 Å². The molecule has 0 spiro atoms. The van der Waals surface area contributed by atoms with Crippen LogP contribution in [-0.2, 0) is 6.42 Å². The molecule has 1 atom stereocenters. The van der Waals surface area contributed by atoms with E-state index in [4.69, 9.17) is 4.74 Å². The number of ether oxygens (including phenoxy) is 1. The van der Waals surface area contributed by atoms with Crippen LogP contribution in [0.3, 0.4) is 0 Å². The highest BCUT2D eigenvalue weighted by atomic mass is 16.5. The van der Waals surface area contributed by atoms with Crippen LogP contribution in [0, 0.1) is 13.8 Å². The first kappa shape index (κ1) is 15.0. The van der Waals surface area contributed by atoms with Crippen LogP contribution in [0.4, 0.5) is 0 Å². The summed E-state index contributed by atoms with van der Waals surface area (Å²) in [5.41, 5.74) is 4.11. The van der Waals surface area contributed by atoms with Crippen LogP contribution in [0.2, 0.25) is 0 Å². The fraction of sp³-hybridized carbons (Fsp3) is 0.625. The van der Waals surface area contributed by atoms with Gasteiger partial charge in [-0.25, -0.2) is 0 Å². The Bertz CT molecular complexity index is 350. The Morgan fingerprint density at radius 3 is 2.33 bits per heavy atom. The van der Waals surface area contributed by atoms with E-state index >= 15 is 0 Å². The summed E-state index contributed by atoms with van der Waals surface area (Å²) < 4.78 is 5.30. The van der Waals surface area contributed by atoms with Gasteiger partial charge in [0.1, 0.15) is 5.75 Å². The summed E-state index contributed by atoms with van der Waals surface area (Å²) in [4.78, 5) is 0. The van der Waals surface area contributed by atoms with Crippen molar-refractivity contribution in [1.29, 1.82) is 0 Å². The van der Waals surface area contributed by atoms with Gasteiger partial charge < -0.3 is 10.1 Å². The van der Waals surface area contributed by atoms with Gasteiger partial charge in [-0.05, 0) is 69.0 Å². The fourth-order valence-electron chi connectivity index (χ4n) is 2.30. The molecule has 0 amide bonds. The van der Waals surface area contributed by atoms with Crippen LogP contribution in [0.5, 0.6) is 5.75 Å². The summed E-state index contributed by atoms with van der Waals surface area (Å²) in [6.45, 7) is 9.95. The minimum absolute atomic E-state index is 0.530. The SMILES string of the molecule is CCCCNC(C)Cc1c(C)cc(OC)cc1C. The summed E-state index contributed by atoms with van der Waals surface area (Å²) in [6.07, 6.45) is 3.59. The minimum Gasteiger partial charge on any atom is -0.497 e. The zero-order valence-electron chi connectivity index (χ0n) is 12.5. The third kappa shape index (κ3) is 4.34. The molecule has 0 bridgehead atoms. The third-order valence-corrected chi connectivity index (χ3v) is 3.44. The number of hydrogen-bond donors (Lipinski definition) is 1. The monoisotopic (exact) mass is 249 g/mol. The molecule has 0 radical (unpaired) electrons. The largest absolute Gasteiger partial charge is 0.497 e. The minimum atomic E-state index is 0.530. The van der Waals surface area contributed by atoms with E-state index in [-0.39, 0.29) is 0 Å². The van der Waals surface area contributed by atoms with Crippen molar-refractivity contribution in [2.24, 2.45) is 0 Å². The molecule has 0 fully saturated rings. The standard InChI is InChI=1S/C16H27NO/c1-6-7-8-17-14(4)11-16-12(2)9-15(18-5)10-13(16)3/h9-10,14,17H,6-8,11H2,1-5H3. The van der Waals surface area contributed by atoms with E-state index in [1.54, 1.807) is 7.11 Å². The first-order valence-corrected chi connectivity index (χ1v) is 6.96. The molecule has 1 rings (SSSR count). The van der Waals surface area contributed by atoms with Crippen molar-refractivity contribution >= 4 is 0 Å². The summed E-state index contributed by atoms with van der Waals surface area (Å²) >= 11 is 0. The van der Waals surface area contributed by atoms with Crippen LogP contribution in [-0.4, -0.2) is 19.7 Å². The number of rotatable bonds is 7. The molecule has 0 saturated heterocycles. The molecule has 18 heavy (non-hydrogen) atoms. The second-order valence-corrected chi connectivity index (χ2v) is 5.15. The van der Waals surface area contributed by atoms with Crippen LogP contribution < -0.4 is 10.1 Å². The molecular formula is C16H27NO. The van der Waals surface area contributed by atoms with Crippen molar-refractivity contribution in [3.05, 3.63) is 28.8 Å². The predicted molar refractivity (Wildman–Crippen MR) is 78.5 cm³/mol. The molecule has 1 N–H and O–H groups in total. The van der Waals surface area contributed by atoms with Gasteiger partial charge in [-0.1, -0.05) is 13.3 Å². The van der Waals surface area contributed by atoms with Gasteiger partial charge in [-0.3, -0.25) is 0 Å². The topological polar surface area (TPSA) is 21.3 Å².